The van der Waals surface area contributed by atoms with Crippen molar-refractivity contribution in [1.29, 1.82) is 0 Å². The quantitative estimate of drug-likeness (QED) is 0.365. The molecule has 0 radical (unpaired) electrons. The van der Waals surface area contributed by atoms with Crippen molar-refractivity contribution < 1.29 is 0 Å². The average molecular weight is 408 g/mol. The second-order valence-electron chi connectivity index (χ2n) is 5.91. The standard InChI is InChI=1S/C14H16Br2S2/c15-11-7-1-3-9(5-7)13(11)17-18-14-10-4-2-8(6-10)12(14)16/h1-4,7-14H,5-6H2/t7-,8-,9+,10+,11+,12+,13+,14+/m0/s1. The van der Waals surface area contributed by atoms with Crippen LogP contribution in [-0.4, -0.2) is 20.2 Å². The molecule has 98 valence electrons. The summed E-state index contributed by atoms with van der Waals surface area (Å²) in [5, 5.41) is 1.57. The lowest BCUT2D eigenvalue weighted by Gasteiger charge is -2.27. The predicted molar refractivity (Wildman–Crippen MR) is 89.7 cm³/mol. The van der Waals surface area contributed by atoms with Crippen molar-refractivity contribution in [2.24, 2.45) is 23.7 Å². The maximum atomic E-state index is 3.92. The van der Waals surface area contributed by atoms with Crippen LogP contribution in [0.3, 0.4) is 0 Å². The second kappa shape index (κ2) is 4.85. The lowest BCUT2D eigenvalue weighted by atomic mass is 10.1. The fraction of sp³-hybridized carbons (Fsp3) is 0.714. The minimum absolute atomic E-state index is 0.702. The van der Waals surface area contributed by atoms with E-state index in [4.69, 9.17) is 0 Å². The molecule has 2 saturated carbocycles. The highest BCUT2D eigenvalue weighted by Crippen LogP contribution is 2.57. The van der Waals surface area contributed by atoms with Crippen LogP contribution in [0.2, 0.25) is 0 Å². The smallest absolute Gasteiger partial charge is 0.0345 e. The van der Waals surface area contributed by atoms with Gasteiger partial charge < -0.3 is 0 Å². The molecule has 18 heavy (non-hydrogen) atoms. The summed E-state index contributed by atoms with van der Waals surface area (Å²) in [6.07, 6.45) is 12.5. The zero-order valence-electron chi connectivity index (χ0n) is 9.91. The van der Waals surface area contributed by atoms with Gasteiger partial charge in [0.2, 0.25) is 0 Å². The van der Waals surface area contributed by atoms with E-state index in [-0.39, 0.29) is 0 Å². The maximum Gasteiger partial charge on any atom is 0.0345 e. The third kappa shape index (κ3) is 1.93. The summed E-state index contributed by atoms with van der Waals surface area (Å²) < 4.78 is 0. The largest absolute Gasteiger partial charge is 0.0886 e. The fourth-order valence-corrected chi connectivity index (χ4v) is 10.8. The van der Waals surface area contributed by atoms with E-state index in [0.29, 0.717) is 9.65 Å². The molecule has 0 N–H and O–H groups in total. The van der Waals surface area contributed by atoms with E-state index in [1.54, 1.807) is 0 Å². The Kier molecular flexibility index (Phi) is 3.46. The molecule has 0 amide bonds. The number of hydrogen-bond donors (Lipinski definition) is 0. The highest BCUT2D eigenvalue weighted by Gasteiger charge is 2.47. The molecule has 0 spiro atoms. The van der Waals surface area contributed by atoms with E-state index < -0.39 is 0 Å². The van der Waals surface area contributed by atoms with Gasteiger partial charge in [0.15, 0.2) is 0 Å². The minimum Gasteiger partial charge on any atom is -0.0886 e. The van der Waals surface area contributed by atoms with Crippen molar-refractivity contribution in [3.05, 3.63) is 24.3 Å². The molecular weight excluding hydrogens is 392 g/mol. The summed E-state index contributed by atoms with van der Waals surface area (Å²) in [4.78, 5) is 1.40. The van der Waals surface area contributed by atoms with Gasteiger partial charge in [-0.3, -0.25) is 0 Å². The Morgan fingerprint density at radius 2 is 1.06 bits per heavy atom. The van der Waals surface area contributed by atoms with Gasteiger partial charge in [-0.25, -0.2) is 0 Å². The SMILES string of the molecule is Br[C@H]1[C@H](SS[C@H]2[C@H](Br)[C@H]3C=C[C@@H]2C3)[C@@H]2C=C[C@H]1C2. The second-order valence-corrected chi connectivity index (χ2v) is 10.7. The summed E-state index contributed by atoms with van der Waals surface area (Å²) >= 11 is 7.83. The molecule has 0 nitrogen and oxygen atoms in total. The Morgan fingerprint density at radius 3 is 1.39 bits per heavy atom. The first-order chi connectivity index (χ1) is 8.74. The van der Waals surface area contributed by atoms with Crippen LogP contribution in [0.5, 0.6) is 0 Å². The van der Waals surface area contributed by atoms with Crippen molar-refractivity contribution >= 4 is 53.4 Å². The Labute approximate surface area is 133 Å². The van der Waals surface area contributed by atoms with E-state index in [2.05, 4.69) is 77.8 Å². The van der Waals surface area contributed by atoms with Crippen LogP contribution in [0.25, 0.3) is 0 Å². The molecule has 4 aliphatic rings. The lowest BCUT2D eigenvalue weighted by molar-refractivity contribution is 0.697. The van der Waals surface area contributed by atoms with Crippen molar-refractivity contribution in [2.75, 3.05) is 0 Å². The molecule has 2 fully saturated rings. The third-order valence-corrected chi connectivity index (χ3v) is 11.6. The number of halogens is 2. The molecule has 0 unspecified atom stereocenters. The van der Waals surface area contributed by atoms with E-state index in [9.17, 15) is 0 Å². The van der Waals surface area contributed by atoms with Crippen LogP contribution >= 0.6 is 53.4 Å². The van der Waals surface area contributed by atoms with E-state index in [1.165, 1.54) is 12.8 Å². The van der Waals surface area contributed by atoms with Gasteiger partial charge in [0.25, 0.3) is 0 Å². The topological polar surface area (TPSA) is 0 Å². The highest BCUT2D eigenvalue weighted by atomic mass is 79.9. The summed E-state index contributed by atoms with van der Waals surface area (Å²) in [6.45, 7) is 0. The Hall–Kier alpha value is 1.14. The van der Waals surface area contributed by atoms with Crippen LogP contribution in [0.1, 0.15) is 12.8 Å². The first-order valence-corrected chi connectivity index (χ1v) is 10.8. The van der Waals surface area contributed by atoms with Gasteiger partial charge in [0.05, 0.1) is 0 Å². The molecule has 0 aromatic carbocycles. The van der Waals surface area contributed by atoms with Crippen LogP contribution in [-0.2, 0) is 0 Å². The van der Waals surface area contributed by atoms with Crippen molar-refractivity contribution in [3.63, 3.8) is 0 Å². The number of allylic oxidation sites excluding steroid dienone is 4. The maximum absolute atomic E-state index is 3.92. The number of rotatable bonds is 3. The molecule has 4 heteroatoms. The van der Waals surface area contributed by atoms with Crippen molar-refractivity contribution in [2.45, 2.75) is 33.0 Å². The summed E-state index contributed by atoms with van der Waals surface area (Å²) in [5.74, 6) is 3.24. The highest BCUT2D eigenvalue weighted by molar-refractivity contribution is 9.10. The van der Waals surface area contributed by atoms with Gasteiger partial charge in [-0.05, 0) is 36.5 Å². The third-order valence-electron chi connectivity index (χ3n) is 4.87. The van der Waals surface area contributed by atoms with E-state index in [1.807, 2.05) is 0 Å². The van der Waals surface area contributed by atoms with Gasteiger partial charge in [-0.15, -0.1) is 0 Å². The fourth-order valence-electron chi connectivity index (χ4n) is 3.81. The van der Waals surface area contributed by atoms with Crippen LogP contribution in [0.15, 0.2) is 24.3 Å². The lowest BCUT2D eigenvalue weighted by Crippen LogP contribution is -2.24. The molecule has 0 heterocycles. The summed E-state index contributed by atoms with van der Waals surface area (Å²) in [5.41, 5.74) is 0. The van der Waals surface area contributed by atoms with E-state index >= 15 is 0 Å². The Bertz CT molecular complexity index is 371. The first kappa shape index (κ1) is 12.8. The minimum atomic E-state index is 0.702. The number of alkyl halides is 2. The first-order valence-electron chi connectivity index (χ1n) is 6.71. The molecule has 0 saturated heterocycles. The molecule has 0 aliphatic heterocycles. The van der Waals surface area contributed by atoms with Crippen molar-refractivity contribution in [1.82, 2.24) is 0 Å². The molecule has 0 aromatic heterocycles. The normalized spacial score (nSPS) is 55.9. The number of hydrogen-bond acceptors (Lipinski definition) is 2. The van der Waals surface area contributed by atoms with Gasteiger partial charge in [0.1, 0.15) is 0 Å². The van der Waals surface area contributed by atoms with E-state index in [0.717, 1.165) is 34.2 Å². The van der Waals surface area contributed by atoms with Crippen molar-refractivity contribution in [3.8, 4) is 0 Å². The zero-order chi connectivity index (χ0) is 12.3. The average Bonchev–Trinajstić information content (AvgIpc) is 3.08. The Morgan fingerprint density at radius 1 is 0.667 bits per heavy atom. The van der Waals surface area contributed by atoms with Gasteiger partial charge in [0, 0.05) is 20.2 Å². The summed E-state index contributed by atoms with van der Waals surface area (Å²) in [7, 11) is 4.30. The molecule has 0 aromatic rings. The molecule has 4 bridgehead atoms. The van der Waals surface area contributed by atoms with Gasteiger partial charge >= 0.3 is 0 Å². The van der Waals surface area contributed by atoms with Crippen LogP contribution in [0, 0.1) is 23.7 Å². The van der Waals surface area contributed by atoms with Crippen LogP contribution in [0.4, 0.5) is 0 Å². The molecule has 4 rings (SSSR count). The van der Waals surface area contributed by atoms with Crippen LogP contribution < -0.4 is 0 Å². The molecular formula is C14H16Br2S2. The van der Waals surface area contributed by atoms with Gasteiger partial charge in [-0.1, -0.05) is 77.8 Å². The summed E-state index contributed by atoms with van der Waals surface area (Å²) in [6, 6.07) is 0. The molecule has 8 atom stereocenters. The number of fused-ring (bicyclic) bond motifs is 4. The van der Waals surface area contributed by atoms with Gasteiger partial charge in [-0.2, -0.15) is 0 Å². The monoisotopic (exact) mass is 406 g/mol. The zero-order valence-corrected chi connectivity index (χ0v) is 14.7. The molecule has 4 aliphatic carbocycles. The predicted octanol–water partition coefficient (Wildman–Crippen LogP) is 5.04. The Balaban J connectivity index is 1.40.